The van der Waals surface area contributed by atoms with Gasteiger partial charge in [0.2, 0.25) is 0 Å². The number of hydrogen-bond donors (Lipinski definition) is 1. The molecular weight excluding hydrogens is 262 g/mol. The zero-order valence-corrected chi connectivity index (χ0v) is 13.2. The summed E-state index contributed by atoms with van der Waals surface area (Å²) in [4.78, 5) is 6.86. The first-order valence-electron chi connectivity index (χ1n) is 8.24. The van der Waals surface area contributed by atoms with Gasteiger partial charge in [0.1, 0.15) is 5.75 Å². The standard InChI is InChI=1S/C17H27N3O/c1-3-6-21-16-9-13(10-19-11-16)17(18)12-7-14-4-5-15(8-12)20(14)2/h9-12,14-15,17H,3-8,18H2,1-2H3. The molecule has 0 spiro atoms. The van der Waals surface area contributed by atoms with Crippen molar-refractivity contribution in [3.05, 3.63) is 24.0 Å². The van der Waals surface area contributed by atoms with E-state index in [0.29, 0.717) is 5.92 Å². The van der Waals surface area contributed by atoms with Gasteiger partial charge in [0, 0.05) is 24.3 Å². The van der Waals surface area contributed by atoms with Gasteiger partial charge in [-0.1, -0.05) is 6.92 Å². The summed E-state index contributed by atoms with van der Waals surface area (Å²) >= 11 is 0. The van der Waals surface area contributed by atoms with Crippen molar-refractivity contribution in [3.8, 4) is 5.75 Å². The molecule has 3 unspecified atom stereocenters. The Labute approximate surface area is 127 Å². The van der Waals surface area contributed by atoms with E-state index in [1.807, 2.05) is 6.20 Å². The van der Waals surface area contributed by atoms with Gasteiger partial charge in [-0.2, -0.15) is 0 Å². The highest BCUT2D eigenvalue weighted by molar-refractivity contribution is 5.26. The summed E-state index contributed by atoms with van der Waals surface area (Å²) in [6.45, 7) is 2.84. The van der Waals surface area contributed by atoms with Crippen LogP contribution >= 0.6 is 0 Å². The van der Waals surface area contributed by atoms with Crippen LogP contribution in [0.4, 0.5) is 0 Å². The number of pyridine rings is 1. The van der Waals surface area contributed by atoms with E-state index in [4.69, 9.17) is 10.5 Å². The van der Waals surface area contributed by atoms with E-state index >= 15 is 0 Å². The molecular formula is C17H27N3O. The van der Waals surface area contributed by atoms with Gasteiger partial charge in [0.15, 0.2) is 0 Å². The van der Waals surface area contributed by atoms with Crippen molar-refractivity contribution in [3.63, 3.8) is 0 Å². The molecule has 2 bridgehead atoms. The average Bonchev–Trinajstić information content (AvgIpc) is 2.74. The van der Waals surface area contributed by atoms with E-state index in [1.54, 1.807) is 6.20 Å². The topological polar surface area (TPSA) is 51.4 Å². The second-order valence-electron chi connectivity index (χ2n) is 6.61. The number of aromatic nitrogens is 1. The first-order chi connectivity index (χ1) is 10.2. The smallest absolute Gasteiger partial charge is 0.137 e. The van der Waals surface area contributed by atoms with E-state index in [0.717, 1.165) is 36.4 Å². The van der Waals surface area contributed by atoms with Crippen molar-refractivity contribution in [2.45, 2.75) is 57.2 Å². The highest BCUT2D eigenvalue weighted by atomic mass is 16.5. The fourth-order valence-electron chi connectivity index (χ4n) is 3.94. The quantitative estimate of drug-likeness (QED) is 0.905. The van der Waals surface area contributed by atoms with Crippen LogP contribution in [0.3, 0.4) is 0 Å². The Balaban J connectivity index is 1.69. The molecule has 2 aliphatic heterocycles. The van der Waals surface area contributed by atoms with E-state index in [-0.39, 0.29) is 6.04 Å². The third-order valence-corrected chi connectivity index (χ3v) is 5.23. The molecule has 4 nitrogen and oxygen atoms in total. The third-order valence-electron chi connectivity index (χ3n) is 5.23. The molecule has 4 heteroatoms. The Morgan fingerprint density at radius 3 is 2.71 bits per heavy atom. The summed E-state index contributed by atoms with van der Waals surface area (Å²) in [6, 6.07) is 3.62. The molecule has 0 aromatic carbocycles. The molecule has 2 N–H and O–H groups in total. The van der Waals surface area contributed by atoms with Gasteiger partial charge in [0.05, 0.1) is 12.8 Å². The molecule has 3 heterocycles. The normalized spacial score (nSPS) is 30.3. The molecule has 2 fully saturated rings. The summed E-state index contributed by atoms with van der Waals surface area (Å²) in [7, 11) is 2.27. The lowest BCUT2D eigenvalue weighted by Crippen LogP contribution is -2.42. The van der Waals surface area contributed by atoms with Crippen LogP contribution in [0.25, 0.3) is 0 Å². The van der Waals surface area contributed by atoms with Gasteiger partial charge in [-0.15, -0.1) is 0 Å². The van der Waals surface area contributed by atoms with Crippen molar-refractivity contribution in [1.29, 1.82) is 0 Å². The van der Waals surface area contributed by atoms with E-state index in [1.165, 1.54) is 25.7 Å². The molecule has 2 saturated heterocycles. The summed E-state index contributed by atoms with van der Waals surface area (Å²) in [5, 5.41) is 0. The Kier molecular flexibility index (Phi) is 4.45. The summed E-state index contributed by atoms with van der Waals surface area (Å²) < 4.78 is 5.68. The maximum Gasteiger partial charge on any atom is 0.137 e. The van der Waals surface area contributed by atoms with Gasteiger partial charge in [0.25, 0.3) is 0 Å². The van der Waals surface area contributed by atoms with Gasteiger partial charge >= 0.3 is 0 Å². The second kappa shape index (κ2) is 6.32. The van der Waals surface area contributed by atoms with E-state index < -0.39 is 0 Å². The molecule has 0 radical (unpaired) electrons. The Hall–Kier alpha value is -1.13. The fraction of sp³-hybridized carbons (Fsp3) is 0.706. The lowest BCUT2D eigenvalue weighted by molar-refractivity contribution is 0.120. The zero-order valence-electron chi connectivity index (χ0n) is 13.2. The van der Waals surface area contributed by atoms with Crippen molar-refractivity contribution in [1.82, 2.24) is 9.88 Å². The van der Waals surface area contributed by atoms with Crippen LogP contribution < -0.4 is 10.5 Å². The highest BCUT2D eigenvalue weighted by Gasteiger charge is 2.40. The van der Waals surface area contributed by atoms with Gasteiger partial charge in [-0.25, -0.2) is 0 Å². The number of nitrogens with two attached hydrogens (primary N) is 1. The maximum absolute atomic E-state index is 6.55. The third kappa shape index (κ3) is 3.06. The Bertz CT molecular complexity index is 465. The van der Waals surface area contributed by atoms with Gasteiger partial charge in [-0.05, 0) is 56.7 Å². The molecule has 21 heavy (non-hydrogen) atoms. The van der Waals surface area contributed by atoms with Gasteiger partial charge in [-0.3, -0.25) is 4.98 Å². The first kappa shape index (κ1) is 14.8. The summed E-state index contributed by atoms with van der Waals surface area (Å²) in [5.74, 6) is 1.42. The minimum absolute atomic E-state index is 0.0828. The first-order valence-corrected chi connectivity index (χ1v) is 8.24. The monoisotopic (exact) mass is 289 g/mol. The summed E-state index contributed by atoms with van der Waals surface area (Å²) in [5.41, 5.74) is 7.67. The number of piperidine rings is 1. The number of rotatable bonds is 5. The predicted molar refractivity (Wildman–Crippen MR) is 84.2 cm³/mol. The molecule has 2 aliphatic rings. The predicted octanol–water partition coefficient (Wildman–Crippen LogP) is 2.74. The number of fused-ring (bicyclic) bond motifs is 2. The molecule has 1 aromatic rings. The van der Waals surface area contributed by atoms with Crippen molar-refractivity contribution < 1.29 is 4.74 Å². The molecule has 0 aliphatic carbocycles. The van der Waals surface area contributed by atoms with Crippen molar-refractivity contribution in [2.24, 2.45) is 11.7 Å². The van der Waals surface area contributed by atoms with Crippen LogP contribution in [0, 0.1) is 5.92 Å². The largest absolute Gasteiger partial charge is 0.492 e. The highest BCUT2D eigenvalue weighted by Crippen LogP contribution is 2.41. The van der Waals surface area contributed by atoms with E-state index in [2.05, 4.69) is 29.9 Å². The Morgan fingerprint density at radius 1 is 1.33 bits per heavy atom. The van der Waals surface area contributed by atoms with Crippen LogP contribution in [0.1, 0.15) is 50.6 Å². The van der Waals surface area contributed by atoms with Crippen molar-refractivity contribution in [2.75, 3.05) is 13.7 Å². The minimum Gasteiger partial charge on any atom is -0.492 e. The second-order valence-corrected chi connectivity index (χ2v) is 6.61. The fourth-order valence-corrected chi connectivity index (χ4v) is 3.94. The number of nitrogens with zero attached hydrogens (tertiary/aromatic N) is 2. The molecule has 3 rings (SSSR count). The van der Waals surface area contributed by atoms with Crippen LogP contribution in [-0.2, 0) is 0 Å². The minimum atomic E-state index is 0.0828. The number of hydrogen-bond acceptors (Lipinski definition) is 4. The average molecular weight is 289 g/mol. The SMILES string of the molecule is CCCOc1cncc(C(N)C2CC3CCC(C2)N3C)c1. The molecule has 0 amide bonds. The molecule has 1 aromatic heterocycles. The van der Waals surface area contributed by atoms with Crippen LogP contribution in [0.2, 0.25) is 0 Å². The van der Waals surface area contributed by atoms with Crippen molar-refractivity contribution >= 4 is 0 Å². The maximum atomic E-state index is 6.55. The van der Waals surface area contributed by atoms with Crippen LogP contribution in [-0.4, -0.2) is 35.6 Å². The van der Waals surface area contributed by atoms with E-state index in [9.17, 15) is 0 Å². The molecule has 116 valence electrons. The van der Waals surface area contributed by atoms with Crippen LogP contribution in [0.5, 0.6) is 5.75 Å². The van der Waals surface area contributed by atoms with Gasteiger partial charge < -0.3 is 15.4 Å². The number of ether oxygens (including phenoxy) is 1. The lowest BCUT2D eigenvalue weighted by Gasteiger charge is -2.38. The lowest BCUT2D eigenvalue weighted by atomic mass is 9.83. The zero-order chi connectivity index (χ0) is 14.8. The Morgan fingerprint density at radius 2 is 2.05 bits per heavy atom. The molecule has 3 atom stereocenters. The van der Waals surface area contributed by atoms with Crippen LogP contribution in [0.15, 0.2) is 18.5 Å². The molecule has 0 saturated carbocycles. The summed E-state index contributed by atoms with van der Waals surface area (Å²) in [6.07, 6.45) is 9.80.